The predicted octanol–water partition coefficient (Wildman–Crippen LogP) is 5.16. The second-order valence-electron chi connectivity index (χ2n) is 6.59. The van der Waals surface area contributed by atoms with Crippen LogP contribution in [0.1, 0.15) is 11.1 Å². The van der Waals surface area contributed by atoms with Gasteiger partial charge in [0.2, 0.25) is 0 Å². The van der Waals surface area contributed by atoms with Gasteiger partial charge in [-0.05, 0) is 69.6 Å². The molecule has 0 radical (unpaired) electrons. The number of halogens is 3. The number of nitrogens with one attached hydrogen (secondary N) is 1. The maximum absolute atomic E-state index is 12.7. The van der Waals surface area contributed by atoms with E-state index in [2.05, 4.69) is 27.8 Å². The number of hydrogen-bond donors (Lipinski definition) is 1. The molecule has 0 aromatic heterocycles. The van der Waals surface area contributed by atoms with E-state index in [9.17, 15) is 9.59 Å². The summed E-state index contributed by atoms with van der Waals surface area (Å²) in [5, 5.41) is 3.44. The maximum Gasteiger partial charge on any atom is 0.265 e. The Kier molecular flexibility index (Phi) is 7.95. The van der Waals surface area contributed by atoms with Crippen LogP contribution < -0.4 is 14.8 Å². The lowest BCUT2D eigenvalue weighted by atomic mass is 10.1. The molecule has 166 valence electrons. The molecular weight excluding hydrogens is 539 g/mol. The molecule has 2 aromatic carbocycles. The first kappa shape index (κ1) is 24.3. The zero-order chi connectivity index (χ0) is 23.4. The van der Waals surface area contributed by atoms with E-state index in [1.165, 1.54) is 24.2 Å². The van der Waals surface area contributed by atoms with Crippen molar-refractivity contribution in [3.8, 4) is 11.5 Å². The number of carbonyl (C=O) groups is 2. The fourth-order valence-electron chi connectivity index (χ4n) is 2.90. The van der Waals surface area contributed by atoms with Gasteiger partial charge in [0.05, 0.1) is 21.6 Å². The van der Waals surface area contributed by atoms with Gasteiger partial charge in [-0.25, -0.2) is 0 Å². The number of amides is 2. The smallest absolute Gasteiger partial charge is 0.265 e. The monoisotopic (exact) mass is 554 g/mol. The molecule has 32 heavy (non-hydrogen) atoms. The Morgan fingerprint density at radius 3 is 2.62 bits per heavy atom. The number of ether oxygens (including phenoxy) is 2. The average molecular weight is 556 g/mol. The lowest BCUT2D eigenvalue weighted by Gasteiger charge is -2.27. The molecule has 0 aliphatic carbocycles. The Bertz CT molecular complexity index is 1150. The van der Waals surface area contributed by atoms with E-state index >= 15 is 0 Å². The van der Waals surface area contributed by atoms with Crippen molar-refractivity contribution < 1.29 is 19.1 Å². The van der Waals surface area contributed by atoms with Gasteiger partial charge < -0.3 is 9.47 Å². The summed E-state index contributed by atoms with van der Waals surface area (Å²) in [4.78, 5) is 26.4. The summed E-state index contributed by atoms with van der Waals surface area (Å²) in [7, 11) is 1.49. The fraction of sp³-hybridized carbons (Fsp3) is 0.136. The second-order valence-corrected chi connectivity index (χ2v) is 8.65. The van der Waals surface area contributed by atoms with E-state index in [0.717, 1.165) is 5.56 Å². The Morgan fingerprint density at radius 2 is 1.97 bits per heavy atom. The number of methoxy groups -OCH3 is 1. The third-order valence-corrected chi connectivity index (χ3v) is 6.08. The third-order valence-electron chi connectivity index (χ3n) is 4.43. The van der Waals surface area contributed by atoms with E-state index in [1.807, 2.05) is 0 Å². The van der Waals surface area contributed by atoms with E-state index < -0.39 is 11.8 Å². The molecular formula is C22H17BrCl2N2O4S. The van der Waals surface area contributed by atoms with Crippen LogP contribution in [0.3, 0.4) is 0 Å². The molecule has 10 heteroatoms. The van der Waals surface area contributed by atoms with E-state index in [1.54, 1.807) is 30.3 Å². The van der Waals surface area contributed by atoms with Crippen LogP contribution >= 0.6 is 51.3 Å². The Hall–Kier alpha value is -2.39. The second kappa shape index (κ2) is 10.5. The molecule has 1 N–H and O–H groups in total. The van der Waals surface area contributed by atoms with Crippen molar-refractivity contribution in [1.29, 1.82) is 0 Å². The molecule has 2 aromatic rings. The zero-order valence-electron chi connectivity index (χ0n) is 16.8. The fourth-order valence-corrected chi connectivity index (χ4v) is 4.05. The third kappa shape index (κ3) is 5.32. The van der Waals surface area contributed by atoms with Gasteiger partial charge in [-0.1, -0.05) is 35.3 Å². The molecule has 6 nitrogen and oxygen atoms in total. The minimum absolute atomic E-state index is 0.0434. The van der Waals surface area contributed by atoms with Gasteiger partial charge in [-0.3, -0.25) is 19.8 Å². The molecule has 1 saturated heterocycles. The first-order valence-electron chi connectivity index (χ1n) is 9.19. The summed E-state index contributed by atoms with van der Waals surface area (Å²) in [6.45, 7) is 4.02. The number of hydrogen-bond acceptors (Lipinski definition) is 5. The van der Waals surface area contributed by atoms with Crippen molar-refractivity contribution >= 4 is 74.4 Å². The molecule has 1 fully saturated rings. The Labute approximate surface area is 208 Å². The summed E-state index contributed by atoms with van der Waals surface area (Å²) in [6.07, 6.45) is 2.99. The van der Waals surface area contributed by atoms with Crippen LogP contribution in [0, 0.1) is 0 Å². The minimum atomic E-state index is -0.574. The lowest BCUT2D eigenvalue weighted by Crippen LogP contribution is -2.53. The van der Waals surface area contributed by atoms with Crippen LogP contribution in [-0.4, -0.2) is 35.5 Å². The van der Waals surface area contributed by atoms with Crippen molar-refractivity contribution in [1.82, 2.24) is 10.2 Å². The Balaban J connectivity index is 1.89. The predicted molar refractivity (Wildman–Crippen MR) is 132 cm³/mol. The van der Waals surface area contributed by atoms with Gasteiger partial charge in [-0.15, -0.1) is 6.58 Å². The molecule has 0 spiro atoms. The highest BCUT2D eigenvalue weighted by atomic mass is 79.9. The lowest BCUT2D eigenvalue weighted by molar-refractivity contribution is -0.128. The summed E-state index contributed by atoms with van der Waals surface area (Å²) >= 11 is 20.5. The van der Waals surface area contributed by atoms with Crippen molar-refractivity contribution in [2.75, 3.05) is 13.7 Å². The number of thiocarbonyl (C=S) groups is 1. The standard InChI is InChI=1S/C22H17BrCl2N2O4S/c1-3-6-27-21(29)14(20(28)26-22(27)32)7-13-8-15(23)19(18(10-13)30-2)31-11-12-4-5-16(24)17(25)9-12/h3-5,7-10H,1,6,11H2,2H3,(H,26,28,32)/b14-7+. The molecule has 1 aliphatic rings. The quantitative estimate of drug-likeness (QED) is 0.221. The van der Waals surface area contributed by atoms with Crippen molar-refractivity contribution in [3.05, 3.63) is 74.2 Å². The van der Waals surface area contributed by atoms with Crippen LogP contribution in [0.4, 0.5) is 0 Å². The SMILES string of the molecule is C=CCN1C(=O)/C(=C/c2cc(Br)c(OCc3ccc(Cl)c(Cl)c3)c(OC)c2)C(=O)NC1=S. The highest BCUT2D eigenvalue weighted by molar-refractivity contribution is 9.10. The average Bonchev–Trinajstić information content (AvgIpc) is 2.75. The first-order chi connectivity index (χ1) is 15.2. The summed E-state index contributed by atoms with van der Waals surface area (Å²) in [5.41, 5.74) is 1.32. The highest BCUT2D eigenvalue weighted by Gasteiger charge is 2.32. The van der Waals surface area contributed by atoms with Gasteiger partial charge in [0, 0.05) is 6.54 Å². The molecule has 2 amide bonds. The van der Waals surface area contributed by atoms with E-state index in [4.69, 9.17) is 44.9 Å². The number of benzene rings is 2. The Morgan fingerprint density at radius 1 is 1.22 bits per heavy atom. The molecule has 1 aliphatic heterocycles. The molecule has 0 bridgehead atoms. The van der Waals surface area contributed by atoms with Crippen LogP contribution in [0.5, 0.6) is 11.5 Å². The van der Waals surface area contributed by atoms with Crippen molar-refractivity contribution in [2.24, 2.45) is 0 Å². The van der Waals surface area contributed by atoms with Gasteiger partial charge in [0.15, 0.2) is 16.6 Å². The van der Waals surface area contributed by atoms with E-state index in [0.29, 0.717) is 31.6 Å². The number of rotatable bonds is 7. The minimum Gasteiger partial charge on any atom is -0.493 e. The number of carbonyl (C=O) groups excluding carboxylic acids is 2. The summed E-state index contributed by atoms with van der Waals surface area (Å²) < 4.78 is 11.9. The van der Waals surface area contributed by atoms with Gasteiger partial charge >= 0.3 is 0 Å². The summed E-state index contributed by atoms with van der Waals surface area (Å²) in [5.74, 6) is -0.216. The zero-order valence-corrected chi connectivity index (χ0v) is 20.7. The van der Waals surface area contributed by atoms with Crippen LogP contribution in [0.25, 0.3) is 6.08 Å². The van der Waals surface area contributed by atoms with Crippen molar-refractivity contribution in [2.45, 2.75) is 6.61 Å². The molecule has 0 atom stereocenters. The molecule has 0 saturated carbocycles. The maximum atomic E-state index is 12.7. The van der Waals surface area contributed by atoms with Crippen LogP contribution in [0.2, 0.25) is 10.0 Å². The van der Waals surface area contributed by atoms with Crippen LogP contribution in [0.15, 0.2) is 53.0 Å². The van der Waals surface area contributed by atoms with Gasteiger partial charge in [-0.2, -0.15) is 0 Å². The first-order valence-corrected chi connectivity index (χ1v) is 11.1. The van der Waals surface area contributed by atoms with E-state index in [-0.39, 0.29) is 23.8 Å². The normalized spacial score (nSPS) is 15.1. The van der Waals surface area contributed by atoms with Crippen molar-refractivity contribution in [3.63, 3.8) is 0 Å². The van der Waals surface area contributed by atoms with Gasteiger partial charge in [0.1, 0.15) is 12.2 Å². The highest BCUT2D eigenvalue weighted by Crippen LogP contribution is 2.38. The molecule has 1 heterocycles. The molecule has 3 rings (SSSR count). The topological polar surface area (TPSA) is 67.9 Å². The van der Waals surface area contributed by atoms with Crippen LogP contribution in [-0.2, 0) is 16.2 Å². The largest absolute Gasteiger partial charge is 0.493 e. The number of nitrogens with zero attached hydrogens (tertiary/aromatic N) is 1. The van der Waals surface area contributed by atoms with Gasteiger partial charge in [0.25, 0.3) is 11.8 Å². The summed E-state index contributed by atoms with van der Waals surface area (Å²) in [6, 6.07) is 8.59. The molecule has 0 unspecified atom stereocenters.